The molecule has 0 bridgehead atoms. The van der Waals surface area contributed by atoms with E-state index >= 15 is 0 Å². The number of H-pyrrole nitrogens is 1. The molecule has 3 aromatic heterocycles. The molecule has 4 heteroatoms. The van der Waals surface area contributed by atoms with Crippen LogP contribution >= 0.6 is 0 Å². The molecule has 3 heterocycles. The fourth-order valence-corrected chi connectivity index (χ4v) is 3.72. The van der Waals surface area contributed by atoms with Crippen molar-refractivity contribution in [3.8, 4) is 28.4 Å². The highest BCUT2D eigenvalue weighted by molar-refractivity contribution is 6.08. The minimum Gasteiger partial charge on any atom is -0.508 e. The highest BCUT2D eigenvalue weighted by Gasteiger charge is 2.08. The van der Waals surface area contributed by atoms with Crippen LogP contribution in [0.15, 0.2) is 116 Å². The molecule has 154 valence electrons. The molecular weight excluding hydrogens is 394 g/mol. The summed E-state index contributed by atoms with van der Waals surface area (Å²) < 4.78 is 0. The fourth-order valence-electron chi connectivity index (χ4n) is 3.72. The largest absolute Gasteiger partial charge is 0.508 e. The molecule has 6 aromatic rings. The van der Waals surface area contributed by atoms with Crippen LogP contribution in [0.3, 0.4) is 0 Å². The van der Waals surface area contributed by atoms with Crippen LogP contribution in [0.5, 0.6) is 5.75 Å². The third kappa shape index (κ3) is 4.07. The average Bonchev–Trinajstić information content (AvgIpc) is 3.31. The van der Waals surface area contributed by atoms with Gasteiger partial charge in [0.15, 0.2) is 0 Å². The molecule has 0 atom stereocenters. The van der Waals surface area contributed by atoms with E-state index < -0.39 is 0 Å². The highest BCUT2D eigenvalue weighted by Crippen LogP contribution is 2.31. The maximum absolute atomic E-state index is 8.63. The summed E-state index contributed by atoms with van der Waals surface area (Å²) in [6.07, 6.45) is 3.64. The van der Waals surface area contributed by atoms with Gasteiger partial charge in [-0.25, -0.2) is 0 Å². The van der Waals surface area contributed by atoms with E-state index in [1.54, 1.807) is 24.3 Å². The Kier molecular flexibility index (Phi) is 5.33. The van der Waals surface area contributed by atoms with Gasteiger partial charge in [-0.05, 0) is 65.4 Å². The minimum atomic E-state index is 0.322. The first kappa shape index (κ1) is 19.5. The average molecular weight is 415 g/mol. The van der Waals surface area contributed by atoms with Crippen molar-refractivity contribution in [2.24, 2.45) is 0 Å². The van der Waals surface area contributed by atoms with Gasteiger partial charge in [0.2, 0.25) is 0 Å². The number of phenolic OH excluding ortho intramolecular Hbond substituents is 1. The second kappa shape index (κ2) is 8.74. The molecule has 0 unspecified atom stereocenters. The summed E-state index contributed by atoms with van der Waals surface area (Å²) >= 11 is 0. The lowest BCUT2D eigenvalue weighted by Gasteiger charge is -2.04. The molecular formula is C28H21N3O. The Morgan fingerprint density at radius 2 is 1.31 bits per heavy atom. The lowest BCUT2D eigenvalue weighted by Crippen LogP contribution is -1.82. The molecule has 32 heavy (non-hydrogen) atoms. The van der Waals surface area contributed by atoms with Gasteiger partial charge in [0.05, 0.1) is 17.1 Å². The van der Waals surface area contributed by atoms with E-state index in [0.717, 1.165) is 28.2 Å². The number of rotatable bonds is 2. The van der Waals surface area contributed by atoms with Crippen molar-refractivity contribution in [2.45, 2.75) is 0 Å². The van der Waals surface area contributed by atoms with Gasteiger partial charge in [0, 0.05) is 28.9 Å². The number of hydrogen-bond acceptors (Lipinski definition) is 3. The van der Waals surface area contributed by atoms with Crippen LogP contribution in [-0.2, 0) is 0 Å². The van der Waals surface area contributed by atoms with Crippen LogP contribution in [0.25, 0.3) is 44.3 Å². The highest BCUT2D eigenvalue weighted by atomic mass is 16.3. The molecule has 0 amide bonds. The van der Waals surface area contributed by atoms with E-state index in [4.69, 9.17) is 5.11 Å². The summed E-state index contributed by atoms with van der Waals surface area (Å²) in [5.41, 5.74) is 5.24. The van der Waals surface area contributed by atoms with Crippen molar-refractivity contribution in [2.75, 3.05) is 0 Å². The van der Waals surface area contributed by atoms with E-state index in [-0.39, 0.29) is 0 Å². The Bertz CT molecular complexity index is 1460. The van der Waals surface area contributed by atoms with E-state index in [0.29, 0.717) is 5.75 Å². The van der Waals surface area contributed by atoms with Gasteiger partial charge in [-0.1, -0.05) is 48.5 Å². The molecule has 0 fully saturated rings. The van der Waals surface area contributed by atoms with E-state index in [1.165, 1.54) is 16.2 Å². The van der Waals surface area contributed by atoms with Crippen molar-refractivity contribution >= 4 is 21.7 Å². The first-order chi connectivity index (χ1) is 15.8. The fraction of sp³-hybridized carbons (Fsp3) is 0. The van der Waals surface area contributed by atoms with Crippen LogP contribution in [0, 0.1) is 0 Å². The smallest absolute Gasteiger partial charge is 0.115 e. The van der Waals surface area contributed by atoms with Crippen LogP contribution in [0.4, 0.5) is 0 Å². The number of nitrogens with zero attached hydrogens (tertiary/aromatic N) is 2. The van der Waals surface area contributed by atoms with Gasteiger partial charge < -0.3 is 10.1 Å². The number of aromatic nitrogens is 3. The lowest BCUT2D eigenvalue weighted by molar-refractivity contribution is 0.475. The van der Waals surface area contributed by atoms with Gasteiger partial charge in [-0.2, -0.15) is 0 Å². The van der Waals surface area contributed by atoms with Crippen molar-refractivity contribution in [3.05, 3.63) is 116 Å². The molecule has 6 rings (SSSR count). The van der Waals surface area contributed by atoms with E-state index in [9.17, 15) is 0 Å². The lowest BCUT2D eigenvalue weighted by atomic mass is 10.0. The molecule has 0 saturated heterocycles. The van der Waals surface area contributed by atoms with Gasteiger partial charge >= 0.3 is 0 Å². The van der Waals surface area contributed by atoms with Gasteiger partial charge in [-0.15, -0.1) is 0 Å². The second-order valence-corrected chi connectivity index (χ2v) is 7.41. The van der Waals surface area contributed by atoms with Crippen molar-refractivity contribution in [1.82, 2.24) is 15.0 Å². The van der Waals surface area contributed by atoms with Crippen molar-refractivity contribution < 1.29 is 5.11 Å². The maximum Gasteiger partial charge on any atom is 0.115 e. The molecule has 0 spiro atoms. The number of hydrogen-bond donors (Lipinski definition) is 2. The van der Waals surface area contributed by atoms with Gasteiger partial charge in [-0.3, -0.25) is 9.97 Å². The number of fused-ring (bicyclic) bond motifs is 3. The Morgan fingerprint density at radius 3 is 1.97 bits per heavy atom. The molecule has 2 N–H and O–H groups in total. The Hall–Kier alpha value is -4.44. The number of aromatic hydroxyl groups is 1. The number of nitrogens with one attached hydrogen (secondary N) is 1. The Morgan fingerprint density at radius 1 is 0.594 bits per heavy atom. The Labute approximate surface area is 185 Å². The summed E-state index contributed by atoms with van der Waals surface area (Å²) in [5.74, 6) is 0.322. The quantitative estimate of drug-likeness (QED) is 0.325. The Balaban J connectivity index is 0.000000265. The van der Waals surface area contributed by atoms with Crippen LogP contribution in [0.1, 0.15) is 0 Å². The molecule has 0 aliphatic rings. The standard InChI is InChI=1S/C22H15N3.C6H6O/c1-3-11-23-19(5-1)16-7-9-17-15(13-16)8-10-20-18(17)14-22(25-20)21-6-2-4-12-24-21;7-6-4-2-1-3-5-6/h1-14,25H;1-5,7H. The minimum absolute atomic E-state index is 0.322. The predicted molar refractivity (Wildman–Crippen MR) is 130 cm³/mol. The molecule has 0 aliphatic heterocycles. The summed E-state index contributed by atoms with van der Waals surface area (Å²) in [6, 6.07) is 33.6. The molecule has 0 saturated carbocycles. The van der Waals surface area contributed by atoms with Crippen LogP contribution in [-0.4, -0.2) is 20.1 Å². The van der Waals surface area contributed by atoms with E-state index in [2.05, 4.69) is 51.4 Å². The third-order valence-corrected chi connectivity index (χ3v) is 5.28. The van der Waals surface area contributed by atoms with Crippen LogP contribution in [0.2, 0.25) is 0 Å². The SMILES string of the molecule is Oc1ccccc1.c1ccc(-c2ccc3c(ccc4[nH]c(-c5ccccn5)cc43)c2)nc1. The first-order valence-electron chi connectivity index (χ1n) is 10.4. The second-order valence-electron chi connectivity index (χ2n) is 7.41. The number of para-hydroxylation sites is 1. The van der Waals surface area contributed by atoms with Crippen molar-refractivity contribution in [1.29, 1.82) is 0 Å². The summed E-state index contributed by atoms with van der Waals surface area (Å²) in [5, 5.41) is 12.3. The van der Waals surface area contributed by atoms with Gasteiger partial charge in [0.1, 0.15) is 5.75 Å². The summed E-state index contributed by atoms with van der Waals surface area (Å²) in [6.45, 7) is 0. The zero-order chi connectivity index (χ0) is 21.8. The van der Waals surface area contributed by atoms with E-state index in [1.807, 2.05) is 54.9 Å². The number of phenols is 1. The zero-order valence-electron chi connectivity index (χ0n) is 17.3. The number of pyridine rings is 2. The third-order valence-electron chi connectivity index (χ3n) is 5.28. The maximum atomic E-state index is 8.63. The number of aromatic amines is 1. The van der Waals surface area contributed by atoms with Gasteiger partial charge in [0.25, 0.3) is 0 Å². The summed E-state index contributed by atoms with van der Waals surface area (Å²) in [4.78, 5) is 12.4. The molecule has 0 radical (unpaired) electrons. The first-order valence-corrected chi connectivity index (χ1v) is 10.4. The van der Waals surface area contributed by atoms with Crippen LogP contribution < -0.4 is 0 Å². The molecule has 4 nitrogen and oxygen atoms in total. The summed E-state index contributed by atoms with van der Waals surface area (Å²) in [7, 11) is 0. The zero-order valence-corrected chi connectivity index (χ0v) is 17.3. The predicted octanol–water partition coefficient (Wildman–Crippen LogP) is 6.84. The monoisotopic (exact) mass is 415 g/mol. The topological polar surface area (TPSA) is 61.8 Å². The normalized spacial score (nSPS) is 10.6. The molecule has 0 aliphatic carbocycles. The van der Waals surface area contributed by atoms with Crippen molar-refractivity contribution in [3.63, 3.8) is 0 Å². The molecule has 3 aromatic carbocycles. The number of benzene rings is 3.